The fourth-order valence-electron chi connectivity index (χ4n) is 5.21. The number of hydrogen-bond donors (Lipinski definition) is 2. The van der Waals surface area contributed by atoms with Gasteiger partial charge < -0.3 is 24.7 Å². The Morgan fingerprint density at radius 1 is 1.00 bits per heavy atom. The van der Waals surface area contributed by atoms with E-state index in [0.717, 1.165) is 23.3 Å². The Morgan fingerprint density at radius 3 is 2.54 bits per heavy atom. The van der Waals surface area contributed by atoms with Crippen LogP contribution in [-0.2, 0) is 6.42 Å². The van der Waals surface area contributed by atoms with Crippen molar-refractivity contribution in [2.75, 3.05) is 33.9 Å². The van der Waals surface area contributed by atoms with Crippen molar-refractivity contribution in [1.82, 2.24) is 25.2 Å². The molecule has 9 heteroatoms. The molecule has 9 nitrogen and oxygen atoms in total. The number of hydrogen-bond acceptors (Lipinski definition) is 6. The van der Waals surface area contributed by atoms with E-state index in [2.05, 4.69) is 21.4 Å². The summed E-state index contributed by atoms with van der Waals surface area (Å²) in [5.41, 5.74) is 4.94. The number of H-pyrrole nitrogens is 1. The molecule has 1 aliphatic heterocycles. The molecule has 2 amide bonds. The molecule has 5 rings (SSSR count). The van der Waals surface area contributed by atoms with E-state index >= 15 is 0 Å². The zero-order valence-electron chi connectivity index (χ0n) is 22.5. The summed E-state index contributed by atoms with van der Waals surface area (Å²) in [6, 6.07) is 15.2. The van der Waals surface area contributed by atoms with Gasteiger partial charge in [0.05, 0.1) is 25.5 Å². The topological polar surface area (TPSA) is 109 Å². The standard InChI is InChI=1S/C30H33N5O4/c1-19-8-9-23(28(36)31-15-12-21-18-32-25-7-5-4-6-22(21)25)27(33-19)20-13-16-35(17-14-20)30(37)24-10-11-26(38-2)34-29(24)39-3/h4-11,18,20,32H,12-17H2,1-3H3,(H,31,36). The molecule has 1 aliphatic rings. The van der Waals surface area contributed by atoms with Gasteiger partial charge in [-0.05, 0) is 56.0 Å². The van der Waals surface area contributed by atoms with Gasteiger partial charge in [0, 0.05) is 54.4 Å². The van der Waals surface area contributed by atoms with Gasteiger partial charge in [-0.25, -0.2) is 0 Å². The Balaban J connectivity index is 1.24. The molecule has 0 unspecified atom stereocenters. The van der Waals surface area contributed by atoms with Gasteiger partial charge in [0.2, 0.25) is 11.8 Å². The quantitative estimate of drug-likeness (QED) is 0.354. The van der Waals surface area contributed by atoms with E-state index in [1.807, 2.05) is 43.5 Å². The van der Waals surface area contributed by atoms with Crippen LogP contribution in [0.15, 0.2) is 54.7 Å². The van der Waals surface area contributed by atoms with Crippen molar-refractivity contribution < 1.29 is 19.1 Å². The Morgan fingerprint density at radius 2 is 1.77 bits per heavy atom. The molecular weight excluding hydrogens is 494 g/mol. The highest BCUT2D eigenvalue weighted by atomic mass is 16.5. The number of aryl methyl sites for hydroxylation is 1. The highest BCUT2D eigenvalue weighted by molar-refractivity contribution is 5.97. The van der Waals surface area contributed by atoms with Crippen LogP contribution in [0.1, 0.15) is 56.4 Å². The molecule has 202 valence electrons. The van der Waals surface area contributed by atoms with Crippen molar-refractivity contribution in [2.24, 2.45) is 0 Å². The van der Waals surface area contributed by atoms with Crippen LogP contribution < -0.4 is 14.8 Å². The number of likely N-dealkylation sites (tertiary alicyclic amines) is 1. The lowest BCUT2D eigenvalue weighted by atomic mass is 9.89. The third kappa shape index (κ3) is 5.57. The summed E-state index contributed by atoms with van der Waals surface area (Å²) in [6.07, 6.45) is 4.16. The number of fused-ring (bicyclic) bond motifs is 1. The van der Waals surface area contributed by atoms with Gasteiger partial charge >= 0.3 is 0 Å². The fourth-order valence-corrected chi connectivity index (χ4v) is 5.21. The van der Waals surface area contributed by atoms with Gasteiger partial charge in [-0.15, -0.1) is 0 Å². The first-order valence-corrected chi connectivity index (χ1v) is 13.2. The lowest BCUT2D eigenvalue weighted by Crippen LogP contribution is -2.39. The second-order valence-electron chi connectivity index (χ2n) is 9.73. The number of ether oxygens (including phenoxy) is 2. The molecular formula is C30H33N5O4. The zero-order valence-corrected chi connectivity index (χ0v) is 22.5. The maximum atomic E-state index is 13.2. The average molecular weight is 528 g/mol. The van der Waals surface area contributed by atoms with Crippen molar-refractivity contribution in [3.8, 4) is 11.8 Å². The largest absolute Gasteiger partial charge is 0.481 e. The van der Waals surface area contributed by atoms with Gasteiger partial charge in [-0.2, -0.15) is 4.98 Å². The zero-order chi connectivity index (χ0) is 27.4. The van der Waals surface area contributed by atoms with Crippen LogP contribution in [0.2, 0.25) is 0 Å². The van der Waals surface area contributed by atoms with E-state index in [4.69, 9.17) is 14.5 Å². The van der Waals surface area contributed by atoms with Gasteiger partial charge in [0.1, 0.15) is 5.56 Å². The summed E-state index contributed by atoms with van der Waals surface area (Å²) in [7, 11) is 3.01. The fraction of sp³-hybridized carbons (Fsp3) is 0.333. The molecule has 0 aliphatic carbocycles. The monoisotopic (exact) mass is 527 g/mol. The van der Waals surface area contributed by atoms with E-state index in [0.29, 0.717) is 49.5 Å². The van der Waals surface area contributed by atoms with Crippen LogP contribution in [-0.4, -0.2) is 65.5 Å². The number of methoxy groups -OCH3 is 2. The Kier molecular flexibility index (Phi) is 7.76. The summed E-state index contributed by atoms with van der Waals surface area (Å²) in [6.45, 7) is 3.56. The number of carbonyl (C=O) groups excluding carboxylic acids is 2. The number of piperidine rings is 1. The van der Waals surface area contributed by atoms with E-state index in [-0.39, 0.29) is 23.6 Å². The molecule has 0 spiro atoms. The number of pyridine rings is 2. The normalized spacial score (nSPS) is 13.9. The van der Waals surface area contributed by atoms with E-state index in [1.54, 1.807) is 17.0 Å². The predicted molar refractivity (Wildman–Crippen MR) is 149 cm³/mol. The minimum absolute atomic E-state index is 0.0826. The number of carbonyl (C=O) groups is 2. The van der Waals surface area contributed by atoms with E-state index < -0.39 is 0 Å². The molecule has 0 bridgehead atoms. The van der Waals surface area contributed by atoms with Crippen LogP contribution in [0.5, 0.6) is 11.8 Å². The minimum Gasteiger partial charge on any atom is -0.481 e. The smallest absolute Gasteiger partial charge is 0.259 e. The first-order chi connectivity index (χ1) is 19.0. The number of para-hydroxylation sites is 1. The number of amides is 2. The number of nitrogens with one attached hydrogen (secondary N) is 2. The lowest BCUT2D eigenvalue weighted by molar-refractivity contribution is 0.0706. The molecule has 2 N–H and O–H groups in total. The van der Waals surface area contributed by atoms with Crippen molar-refractivity contribution in [3.63, 3.8) is 0 Å². The highest BCUT2D eigenvalue weighted by Crippen LogP contribution is 2.31. The molecule has 0 atom stereocenters. The van der Waals surface area contributed by atoms with Gasteiger partial charge in [0.15, 0.2) is 0 Å². The van der Waals surface area contributed by atoms with Crippen LogP contribution in [0.3, 0.4) is 0 Å². The summed E-state index contributed by atoms with van der Waals surface area (Å²) in [5.74, 6) is 0.463. The molecule has 4 heterocycles. The van der Waals surface area contributed by atoms with Crippen LogP contribution in [0.25, 0.3) is 10.9 Å². The minimum atomic E-state index is -0.132. The maximum Gasteiger partial charge on any atom is 0.259 e. The molecule has 1 aromatic carbocycles. The Labute approximate surface area is 227 Å². The van der Waals surface area contributed by atoms with Crippen molar-refractivity contribution in [2.45, 2.75) is 32.1 Å². The van der Waals surface area contributed by atoms with E-state index in [9.17, 15) is 9.59 Å². The average Bonchev–Trinajstić information content (AvgIpc) is 3.39. The second kappa shape index (κ2) is 11.6. The first-order valence-electron chi connectivity index (χ1n) is 13.2. The lowest BCUT2D eigenvalue weighted by Gasteiger charge is -2.32. The first kappa shape index (κ1) is 26.2. The van der Waals surface area contributed by atoms with Crippen LogP contribution in [0.4, 0.5) is 0 Å². The maximum absolute atomic E-state index is 13.2. The number of aromatic nitrogens is 3. The third-order valence-corrected chi connectivity index (χ3v) is 7.30. The number of rotatable bonds is 8. The molecule has 1 saturated heterocycles. The highest BCUT2D eigenvalue weighted by Gasteiger charge is 2.30. The Bertz CT molecular complexity index is 1490. The SMILES string of the molecule is COc1ccc(C(=O)N2CCC(c3nc(C)ccc3C(=O)NCCc3c[nH]c4ccccc34)CC2)c(OC)n1. The Hall–Kier alpha value is -4.40. The molecule has 4 aromatic rings. The molecule has 3 aromatic heterocycles. The third-order valence-electron chi connectivity index (χ3n) is 7.30. The molecule has 0 saturated carbocycles. The van der Waals surface area contributed by atoms with Crippen LogP contribution >= 0.6 is 0 Å². The molecule has 1 fully saturated rings. The number of aromatic amines is 1. The number of benzene rings is 1. The second-order valence-corrected chi connectivity index (χ2v) is 9.73. The van der Waals surface area contributed by atoms with Crippen molar-refractivity contribution >= 4 is 22.7 Å². The summed E-state index contributed by atoms with van der Waals surface area (Å²) < 4.78 is 10.5. The number of nitrogens with zero attached hydrogens (tertiary/aromatic N) is 3. The molecule has 0 radical (unpaired) electrons. The van der Waals surface area contributed by atoms with E-state index in [1.165, 1.54) is 25.2 Å². The summed E-state index contributed by atoms with van der Waals surface area (Å²) >= 11 is 0. The predicted octanol–water partition coefficient (Wildman–Crippen LogP) is 4.28. The molecule has 39 heavy (non-hydrogen) atoms. The van der Waals surface area contributed by atoms with Crippen LogP contribution in [0, 0.1) is 6.92 Å². The summed E-state index contributed by atoms with van der Waals surface area (Å²) in [4.78, 5) is 40.6. The van der Waals surface area contributed by atoms with Crippen molar-refractivity contribution in [3.05, 3.63) is 82.8 Å². The van der Waals surface area contributed by atoms with Gasteiger partial charge in [-0.1, -0.05) is 18.2 Å². The van der Waals surface area contributed by atoms with Gasteiger partial charge in [-0.3, -0.25) is 14.6 Å². The summed E-state index contributed by atoms with van der Waals surface area (Å²) in [5, 5.41) is 4.26. The van der Waals surface area contributed by atoms with Crippen molar-refractivity contribution in [1.29, 1.82) is 0 Å². The van der Waals surface area contributed by atoms with Gasteiger partial charge in [0.25, 0.3) is 11.8 Å².